The molecule has 0 atom stereocenters. The highest BCUT2D eigenvalue weighted by molar-refractivity contribution is 6.00. The lowest BCUT2D eigenvalue weighted by Gasteiger charge is -2.34. The first kappa shape index (κ1) is 20.3. The molecule has 0 spiro atoms. The van der Waals surface area contributed by atoms with Crippen LogP contribution in [0.25, 0.3) is 33.2 Å². The van der Waals surface area contributed by atoms with Crippen LogP contribution in [0.3, 0.4) is 0 Å². The van der Waals surface area contributed by atoms with Crippen LogP contribution in [0.2, 0.25) is 0 Å². The Hall–Kier alpha value is -3.65. The number of carboxylic acids is 1. The van der Waals surface area contributed by atoms with Gasteiger partial charge in [0.15, 0.2) is 0 Å². The number of aromatic amines is 1. The van der Waals surface area contributed by atoms with Gasteiger partial charge in [0.25, 0.3) is 0 Å². The second-order valence-electron chi connectivity index (χ2n) is 8.35. The standard InChI is InChI=1S/C24H25N5O3/c1-15(30)29-10-8-28(9-11-29)14-17-4-3-5-20-19(17)13-21(25-20)23-18-7-6-16(24(31)32)12-22(18)27(2)26-23/h3-7,12-13,25H,8-11,14H2,1-2H3,(H,31,32). The van der Waals surface area contributed by atoms with Crippen molar-refractivity contribution >= 4 is 33.7 Å². The molecule has 1 aliphatic rings. The number of carbonyl (C=O) groups is 2. The van der Waals surface area contributed by atoms with Crippen molar-refractivity contribution in [2.24, 2.45) is 7.05 Å². The Balaban J connectivity index is 1.47. The number of aromatic nitrogens is 3. The Kier molecular flexibility index (Phi) is 4.94. The molecule has 0 bridgehead atoms. The quantitative estimate of drug-likeness (QED) is 0.518. The van der Waals surface area contributed by atoms with Gasteiger partial charge in [0.2, 0.25) is 5.91 Å². The molecule has 32 heavy (non-hydrogen) atoms. The van der Waals surface area contributed by atoms with Gasteiger partial charge in [0, 0.05) is 63.0 Å². The number of hydrogen-bond acceptors (Lipinski definition) is 4. The molecule has 2 aromatic heterocycles. The first-order valence-corrected chi connectivity index (χ1v) is 10.7. The third-order valence-corrected chi connectivity index (χ3v) is 6.32. The number of aryl methyl sites for hydroxylation is 1. The SMILES string of the molecule is CC(=O)N1CCN(Cc2cccc3[nH]c(-c4nn(C)c5cc(C(=O)O)ccc45)cc23)CC1. The van der Waals surface area contributed by atoms with Crippen molar-refractivity contribution in [3.8, 4) is 11.4 Å². The van der Waals surface area contributed by atoms with Crippen molar-refractivity contribution < 1.29 is 14.7 Å². The van der Waals surface area contributed by atoms with Crippen molar-refractivity contribution in [2.75, 3.05) is 26.2 Å². The van der Waals surface area contributed by atoms with Crippen LogP contribution in [0.1, 0.15) is 22.8 Å². The molecule has 3 heterocycles. The van der Waals surface area contributed by atoms with Crippen LogP contribution in [0.5, 0.6) is 0 Å². The van der Waals surface area contributed by atoms with Gasteiger partial charge in [-0.15, -0.1) is 0 Å². The maximum atomic E-state index is 11.6. The maximum absolute atomic E-state index is 11.6. The molecule has 1 saturated heterocycles. The lowest BCUT2D eigenvalue weighted by molar-refractivity contribution is -0.130. The van der Waals surface area contributed by atoms with E-state index in [-0.39, 0.29) is 11.5 Å². The van der Waals surface area contributed by atoms with Crippen molar-refractivity contribution in [1.29, 1.82) is 0 Å². The van der Waals surface area contributed by atoms with Crippen LogP contribution < -0.4 is 0 Å². The van der Waals surface area contributed by atoms with Crippen LogP contribution in [0.4, 0.5) is 0 Å². The molecule has 164 valence electrons. The van der Waals surface area contributed by atoms with Crippen molar-refractivity contribution in [3.05, 3.63) is 53.6 Å². The minimum atomic E-state index is -0.950. The number of H-pyrrole nitrogens is 1. The van der Waals surface area contributed by atoms with Gasteiger partial charge in [-0.05, 0) is 35.9 Å². The number of piperazine rings is 1. The zero-order valence-electron chi connectivity index (χ0n) is 18.1. The molecule has 4 aromatic rings. The lowest BCUT2D eigenvalue weighted by atomic mass is 10.1. The van der Waals surface area contributed by atoms with Crippen LogP contribution in [-0.2, 0) is 18.4 Å². The molecule has 1 aliphatic heterocycles. The summed E-state index contributed by atoms with van der Waals surface area (Å²) in [5.74, 6) is -0.811. The average molecular weight is 431 g/mol. The number of hydrogen-bond donors (Lipinski definition) is 2. The minimum Gasteiger partial charge on any atom is -0.478 e. The normalized spacial score (nSPS) is 15.0. The first-order valence-electron chi connectivity index (χ1n) is 10.7. The topological polar surface area (TPSA) is 94.5 Å². The monoisotopic (exact) mass is 431 g/mol. The molecule has 1 fully saturated rings. The number of amides is 1. The van der Waals surface area contributed by atoms with E-state index in [1.54, 1.807) is 23.7 Å². The molecular weight excluding hydrogens is 406 g/mol. The summed E-state index contributed by atoms with van der Waals surface area (Å²) < 4.78 is 1.72. The molecule has 8 heteroatoms. The van der Waals surface area contributed by atoms with Crippen LogP contribution >= 0.6 is 0 Å². The summed E-state index contributed by atoms with van der Waals surface area (Å²) in [6, 6.07) is 13.5. The fourth-order valence-corrected chi connectivity index (χ4v) is 4.53. The predicted octanol–water partition coefficient (Wildman–Crippen LogP) is 3.08. The highest BCUT2D eigenvalue weighted by Crippen LogP contribution is 2.32. The Morgan fingerprint density at radius 1 is 1.06 bits per heavy atom. The second-order valence-corrected chi connectivity index (χ2v) is 8.35. The average Bonchev–Trinajstić information content (AvgIpc) is 3.36. The van der Waals surface area contributed by atoms with Gasteiger partial charge in [0.05, 0.1) is 16.8 Å². The molecule has 0 radical (unpaired) electrons. The van der Waals surface area contributed by atoms with E-state index in [9.17, 15) is 14.7 Å². The number of benzene rings is 2. The molecule has 8 nitrogen and oxygen atoms in total. The molecule has 2 N–H and O–H groups in total. The summed E-state index contributed by atoms with van der Waals surface area (Å²) in [5.41, 5.74) is 5.01. The number of nitrogens with zero attached hydrogens (tertiary/aromatic N) is 4. The molecular formula is C24H25N5O3. The summed E-state index contributed by atoms with van der Waals surface area (Å²) in [4.78, 5) is 30.7. The van der Waals surface area contributed by atoms with Crippen molar-refractivity contribution in [2.45, 2.75) is 13.5 Å². The number of fused-ring (bicyclic) bond motifs is 2. The lowest BCUT2D eigenvalue weighted by Crippen LogP contribution is -2.47. The van der Waals surface area contributed by atoms with Gasteiger partial charge in [-0.25, -0.2) is 4.79 Å². The number of carbonyl (C=O) groups excluding carboxylic acids is 1. The molecule has 0 aliphatic carbocycles. The Bertz CT molecular complexity index is 1340. The molecule has 1 amide bonds. The van der Waals surface area contributed by atoms with Crippen LogP contribution in [0, 0.1) is 0 Å². The summed E-state index contributed by atoms with van der Waals surface area (Å²) in [6.07, 6.45) is 0. The largest absolute Gasteiger partial charge is 0.478 e. The Morgan fingerprint density at radius 3 is 2.56 bits per heavy atom. The number of rotatable bonds is 4. The summed E-state index contributed by atoms with van der Waals surface area (Å²) in [6.45, 7) is 5.71. The van der Waals surface area contributed by atoms with E-state index in [1.165, 1.54) is 5.56 Å². The number of carboxylic acid groups (broad SMARTS) is 1. The van der Waals surface area contributed by atoms with E-state index < -0.39 is 5.97 Å². The fraction of sp³-hybridized carbons (Fsp3) is 0.292. The Morgan fingerprint density at radius 2 is 1.84 bits per heavy atom. The summed E-state index contributed by atoms with van der Waals surface area (Å²) in [7, 11) is 1.83. The molecule has 5 rings (SSSR count). The Labute approximate surface area is 185 Å². The van der Waals surface area contributed by atoms with Gasteiger partial charge in [0.1, 0.15) is 5.69 Å². The first-order chi connectivity index (χ1) is 15.4. The van der Waals surface area contributed by atoms with Gasteiger partial charge in [-0.1, -0.05) is 12.1 Å². The van der Waals surface area contributed by atoms with Gasteiger partial charge in [-0.2, -0.15) is 5.10 Å². The van der Waals surface area contributed by atoms with Crippen molar-refractivity contribution in [3.63, 3.8) is 0 Å². The van der Waals surface area contributed by atoms with Gasteiger partial charge in [-0.3, -0.25) is 14.4 Å². The minimum absolute atomic E-state index is 0.139. The highest BCUT2D eigenvalue weighted by Gasteiger charge is 2.20. The second kappa shape index (κ2) is 7.80. The van der Waals surface area contributed by atoms with E-state index in [4.69, 9.17) is 0 Å². The third-order valence-electron chi connectivity index (χ3n) is 6.32. The van der Waals surface area contributed by atoms with E-state index in [2.05, 4.69) is 39.2 Å². The molecule has 0 unspecified atom stereocenters. The van der Waals surface area contributed by atoms with E-state index in [1.807, 2.05) is 18.0 Å². The summed E-state index contributed by atoms with van der Waals surface area (Å²) >= 11 is 0. The maximum Gasteiger partial charge on any atom is 0.335 e. The molecule has 2 aromatic carbocycles. The van der Waals surface area contributed by atoms with E-state index >= 15 is 0 Å². The van der Waals surface area contributed by atoms with Crippen LogP contribution in [0.15, 0.2) is 42.5 Å². The zero-order chi connectivity index (χ0) is 22.4. The van der Waals surface area contributed by atoms with E-state index in [0.717, 1.165) is 65.9 Å². The van der Waals surface area contributed by atoms with Crippen LogP contribution in [-0.4, -0.2) is 67.7 Å². The fourth-order valence-electron chi connectivity index (χ4n) is 4.53. The van der Waals surface area contributed by atoms with Gasteiger partial charge < -0.3 is 15.0 Å². The molecule has 0 saturated carbocycles. The van der Waals surface area contributed by atoms with Gasteiger partial charge >= 0.3 is 5.97 Å². The number of aromatic carboxylic acids is 1. The zero-order valence-corrected chi connectivity index (χ0v) is 18.1. The third kappa shape index (κ3) is 3.52. The smallest absolute Gasteiger partial charge is 0.335 e. The summed E-state index contributed by atoms with van der Waals surface area (Å²) in [5, 5.41) is 16.0. The van der Waals surface area contributed by atoms with E-state index in [0.29, 0.717) is 0 Å². The van der Waals surface area contributed by atoms with Crippen molar-refractivity contribution in [1.82, 2.24) is 24.6 Å². The predicted molar refractivity (Wildman–Crippen MR) is 122 cm³/mol. The number of nitrogens with one attached hydrogen (secondary N) is 1. The highest BCUT2D eigenvalue weighted by atomic mass is 16.4.